The van der Waals surface area contributed by atoms with Crippen molar-refractivity contribution in [2.75, 3.05) is 92.4 Å². The van der Waals surface area contributed by atoms with Crippen LogP contribution >= 0.6 is 0 Å². The first-order valence-corrected chi connectivity index (χ1v) is 9.59. The Balaban J connectivity index is 2.94. The SMILES string of the molecule is CCCOCCOCCNCCOCCOCCOCCOCCC. The number of rotatable bonds is 22. The van der Waals surface area contributed by atoms with E-state index in [9.17, 15) is 0 Å². The highest BCUT2D eigenvalue weighted by molar-refractivity contribution is 4.45. The Morgan fingerprint density at radius 1 is 0.400 bits per heavy atom. The van der Waals surface area contributed by atoms with E-state index >= 15 is 0 Å². The first-order chi connectivity index (χ1) is 12.4. The Hall–Kier alpha value is -0.280. The van der Waals surface area contributed by atoms with Gasteiger partial charge in [0.05, 0.1) is 66.1 Å². The molecule has 0 unspecified atom stereocenters. The van der Waals surface area contributed by atoms with Crippen molar-refractivity contribution in [3.8, 4) is 0 Å². The molecule has 0 heterocycles. The molecule has 0 fully saturated rings. The van der Waals surface area contributed by atoms with Crippen LogP contribution in [-0.4, -0.2) is 92.4 Å². The van der Waals surface area contributed by atoms with Gasteiger partial charge in [-0.25, -0.2) is 0 Å². The van der Waals surface area contributed by atoms with Gasteiger partial charge in [0.1, 0.15) is 0 Å². The molecule has 0 atom stereocenters. The zero-order chi connectivity index (χ0) is 18.3. The van der Waals surface area contributed by atoms with Crippen molar-refractivity contribution in [1.82, 2.24) is 5.32 Å². The average molecular weight is 366 g/mol. The van der Waals surface area contributed by atoms with Gasteiger partial charge in [-0.2, -0.15) is 0 Å². The number of ether oxygens (including phenoxy) is 6. The fourth-order valence-corrected chi connectivity index (χ4v) is 1.79. The van der Waals surface area contributed by atoms with Crippen molar-refractivity contribution in [1.29, 1.82) is 0 Å². The third kappa shape index (κ3) is 23.7. The molecule has 0 aliphatic rings. The van der Waals surface area contributed by atoms with Crippen LogP contribution in [0.2, 0.25) is 0 Å². The zero-order valence-corrected chi connectivity index (χ0v) is 16.3. The van der Waals surface area contributed by atoms with Gasteiger partial charge in [-0.3, -0.25) is 0 Å². The maximum absolute atomic E-state index is 5.47. The minimum Gasteiger partial charge on any atom is -0.379 e. The molecule has 0 radical (unpaired) electrons. The molecule has 0 saturated heterocycles. The summed E-state index contributed by atoms with van der Waals surface area (Å²) < 4.78 is 32.3. The van der Waals surface area contributed by atoms with Crippen LogP contribution in [0.15, 0.2) is 0 Å². The lowest BCUT2D eigenvalue weighted by atomic mass is 10.5. The Morgan fingerprint density at radius 2 is 0.680 bits per heavy atom. The summed E-state index contributed by atoms with van der Waals surface area (Å²) in [5, 5.41) is 3.26. The molecule has 0 aliphatic carbocycles. The summed E-state index contributed by atoms with van der Waals surface area (Å²) in [6, 6.07) is 0. The lowest BCUT2D eigenvalue weighted by Gasteiger charge is -2.08. The van der Waals surface area contributed by atoms with E-state index in [4.69, 9.17) is 28.4 Å². The molecular formula is C18H39NO6. The summed E-state index contributed by atoms with van der Waals surface area (Å²) in [4.78, 5) is 0. The second kappa shape index (κ2) is 23.7. The largest absolute Gasteiger partial charge is 0.379 e. The normalized spacial score (nSPS) is 11.3. The van der Waals surface area contributed by atoms with E-state index in [1.54, 1.807) is 0 Å². The Kier molecular flexibility index (Phi) is 23.5. The summed E-state index contributed by atoms with van der Waals surface area (Å²) >= 11 is 0. The van der Waals surface area contributed by atoms with Crippen LogP contribution < -0.4 is 5.32 Å². The molecule has 0 spiro atoms. The Bertz CT molecular complexity index is 212. The van der Waals surface area contributed by atoms with Crippen LogP contribution in [0.25, 0.3) is 0 Å². The van der Waals surface area contributed by atoms with Crippen LogP contribution in [0.5, 0.6) is 0 Å². The lowest BCUT2D eigenvalue weighted by Crippen LogP contribution is -2.25. The molecule has 25 heavy (non-hydrogen) atoms. The molecule has 0 aromatic heterocycles. The van der Waals surface area contributed by atoms with Gasteiger partial charge in [-0.15, -0.1) is 0 Å². The van der Waals surface area contributed by atoms with Crippen LogP contribution in [0, 0.1) is 0 Å². The summed E-state index contributed by atoms with van der Waals surface area (Å²) in [6.45, 7) is 13.8. The fraction of sp³-hybridized carbons (Fsp3) is 1.00. The summed E-state index contributed by atoms with van der Waals surface area (Å²) in [5.74, 6) is 0. The Morgan fingerprint density at radius 3 is 1.00 bits per heavy atom. The van der Waals surface area contributed by atoms with Crippen LogP contribution in [0.1, 0.15) is 26.7 Å². The van der Waals surface area contributed by atoms with E-state index in [0.29, 0.717) is 66.1 Å². The minimum absolute atomic E-state index is 0.592. The van der Waals surface area contributed by atoms with E-state index in [0.717, 1.165) is 39.1 Å². The molecule has 0 rings (SSSR count). The van der Waals surface area contributed by atoms with Crippen LogP contribution in [0.3, 0.4) is 0 Å². The fourth-order valence-electron chi connectivity index (χ4n) is 1.79. The van der Waals surface area contributed by atoms with E-state index in [1.165, 1.54) is 0 Å². The highest BCUT2D eigenvalue weighted by Crippen LogP contribution is 1.84. The van der Waals surface area contributed by atoms with Crippen molar-refractivity contribution in [3.05, 3.63) is 0 Å². The van der Waals surface area contributed by atoms with Gasteiger partial charge in [-0.1, -0.05) is 13.8 Å². The van der Waals surface area contributed by atoms with Gasteiger partial charge in [0.15, 0.2) is 0 Å². The van der Waals surface area contributed by atoms with Crippen LogP contribution in [0.4, 0.5) is 0 Å². The molecule has 0 aliphatic heterocycles. The molecule has 0 amide bonds. The lowest BCUT2D eigenvalue weighted by molar-refractivity contribution is -0.00153. The van der Waals surface area contributed by atoms with E-state index < -0.39 is 0 Å². The van der Waals surface area contributed by atoms with Crippen LogP contribution in [-0.2, 0) is 28.4 Å². The van der Waals surface area contributed by atoms with Crippen molar-refractivity contribution in [2.45, 2.75) is 26.7 Å². The summed E-state index contributed by atoms with van der Waals surface area (Å²) in [5.41, 5.74) is 0. The van der Waals surface area contributed by atoms with Crippen molar-refractivity contribution in [2.24, 2.45) is 0 Å². The molecule has 1 N–H and O–H groups in total. The number of nitrogens with one attached hydrogen (secondary N) is 1. The first-order valence-electron chi connectivity index (χ1n) is 9.59. The van der Waals surface area contributed by atoms with Gasteiger partial charge in [0, 0.05) is 26.3 Å². The quantitative estimate of drug-likeness (QED) is 0.292. The molecule has 0 bridgehead atoms. The monoisotopic (exact) mass is 365 g/mol. The zero-order valence-electron chi connectivity index (χ0n) is 16.3. The highest BCUT2D eigenvalue weighted by atomic mass is 16.6. The van der Waals surface area contributed by atoms with Gasteiger partial charge < -0.3 is 33.7 Å². The van der Waals surface area contributed by atoms with Crippen molar-refractivity contribution >= 4 is 0 Å². The predicted molar refractivity (Wildman–Crippen MR) is 98.4 cm³/mol. The molecule has 0 aromatic rings. The average Bonchev–Trinajstić information content (AvgIpc) is 2.63. The maximum atomic E-state index is 5.47. The number of hydrogen-bond donors (Lipinski definition) is 1. The maximum Gasteiger partial charge on any atom is 0.0701 e. The molecule has 7 nitrogen and oxygen atoms in total. The van der Waals surface area contributed by atoms with Gasteiger partial charge in [0.2, 0.25) is 0 Å². The summed E-state index contributed by atoms with van der Waals surface area (Å²) in [6.07, 6.45) is 2.09. The molecule has 152 valence electrons. The highest BCUT2D eigenvalue weighted by Gasteiger charge is 1.93. The topological polar surface area (TPSA) is 67.4 Å². The van der Waals surface area contributed by atoms with E-state index in [1.807, 2.05) is 0 Å². The third-order valence-electron chi connectivity index (χ3n) is 3.03. The second-order valence-electron chi connectivity index (χ2n) is 5.42. The summed E-state index contributed by atoms with van der Waals surface area (Å²) in [7, 11) is 0. The molecule has 0 saturated carbocycles. The van der Waals surface area contributed by atoms with E-state index in [2.05, 4.69) is 19.2 Å². The smallest absolute Gasteiger partial charge is 0.0701 e. The Labute approximate surface area is 153 Å². The molecular weight excluding hydrogens is 326 g/mol. The van der Waals surface area contributed by atoms with Gasteiger partial charge in [-0.05, 0) is 12.8 Å². The van der Waals surface area contributed by atoms with E-state index in [-0.39, 0.29) is 0 Å². The van der Waals surface area contributed by atoms with Crippen molar-refractivity contribution in [3.63, 3.8) is 0 Å². The van der Waals surface area contributed by atoms with Gasteiger partial charge in [0.25, 0.3) is 0 Å². The number of hydrogen-bond acceptors (Lipinski definition) is 7. The first kappa shape index (κ1) is 24.7. The standard InChI is InChI=1S/C18H39NO6/c1-3-7-20-11-13-22-9-5-19-6-10-23-14-16-25-18-17-24-15-12-21-8-4-2/h19H,3-18H2,1-2H3. The van der Waals surface area contributed by atoms with Gasteiger partial charge >= 0.3 is 0 Å². The minimum atomic E-state index is 0.592. The second-order valence-corrected chi connectivity index (χ2v) is 5.42. The molecule has 7 heteroatoms. The third-order valence-corrected chi connectivity index (χ3v) is 3.03. The predicted octanol–water partition coefficient (Wildman–Crippen LogP) is 1.50. The van der Waals surface area contributed by atoms with Crippen molar-refractivity contribution < 1.29 is 28.4 Å². The molecule has 0 aromatic carbocycles.